The predicted octanol–water partition coefficient (Wildman–Crippen LogP) is 3.54. The number of aromatic nitrogens is 2. The number of fused-ring (bicyclic) bond motifs is 1. The second kappa shape index (κ2) is 4.88. The number of hydrogen-bond donors (Lipinski definition) is 0. The molecule has 0 spiro atoms. The number of aryl methyl sites for hydroxylation is 3. The van der Waals surface area contributed by atoms with Crippen LogP contribution in [0.5, 0.6) is 0 Å². The van der Waals surface area contributed by atoms with Gasteiger partial charge in [0.15, 0.2) is 0 Å². The summed E-state index contributed by atoms with van der Waals surface area (Å²) in [5, 5.41) is 0. The molecule has 0 atom stereocenters. The van der Waals surface area contributed by atoms with Gasteiger partial charge in [-0.2, -0.15) is 0 Å². The molecule has 0 bridgehead atoms. The van der Waals surface area contributed by atoms with Crippen molar-refractivity contribution in [1.82, 2.24) is 9.55 Å². The van der Waals surface area contributed by atoms with Crippen molar-refractivity contribution in [2.24, 2.45) is 0 Å². The molecule has 2 aromatic rings. The molecule has 0 aliphatic rings. The van der Waals surface area contributed by atoms with Crippen molar-refractivity contribution in [2.75, 3.05) is 5.88 Å². The zero-order valence-corrected chi connectivity index (χ0v) is 10.6. The molecule has 1 heterocycles. The lowest BCUT2D eigenvalue weighted by Crippen LogP contribution is -2.03. The third-order valence-electron chi connectivity index (χ3n) is 2.82. The Kier molecular flexibility index (Phi) is 3.49. The van der Waals surface area contributed by atoms with Gasteiger partial charge >= 0.3 is 0 Å². The zero-order valence-electron chi connectivity index (χ0n) is 9.83. The Morgan fingerprint density at radius 1 is 1.38 bits per heavy atom. The molecule has 0 saturated carbocycles. The SMILES string of the molecule is CCCn1c(CCCl)nc2c(C)cccc21. The third kappa shape index (κ3) is 1.94. The average Bonchev–Trinajstić information content (AvgIpc) is 2.61. The fourth-order valence-corrected chi connectivity index (χ4v) is 2.25. The molecule has 2 nitrogen and oxygen atoms in total. The molecule has 0 N–H and O–H groups in total. The van der Waals surface area contributed by atoms with E-state index >= 15 is 0 Å². The molecule has 0 radical (unpaired) electrons. The zero-order chi connectivity index (χ0) is 11.5. The first-order valence-electron chi connectivity index (χ1n) is 5.78. The lowest BCUT2D eigenvalue weighted by Gasteiger charge is -2.06. The summed E-state index contributed by atoms with van der Waals surface area (Å²) in [4.78, 5) is 4.70. The lowest BCUT2D eigenvalue weighted by atomic mass is 10.2. The Labute approximate surface area is 101 Å². The van der Waals surface area contributed by atoms with Crippen LogP contribution in [-0.2, 0) is 13.0 Å². The van der Waals surface area contributed by atoms with Gasteiger partial charge in [-0.3, -0.25) is 0 Å². The summed E-state index contributed by atoms with van der Waals surface area (Å²) in [5.41, 5.74) is 3.60. The van der Waals surface area contributed by atoms with Crippen LogP contribution in [0.2, 0.25) is 0 Å². The van der Waals surface area contributed by atoms with E-state index in [2.05, 4.69) is 36.6 Å². The van der Waals surface area contributed by atoms with Crippen molar-refractivity contribution in [3.63, 3.8) is 0 Å². The molecule has 3 heteroatoms. The van der Waals surface area contributed by atoms with Gasteiger partial charge in [-0.25, -0.2) is 4.98 Å². The quantitative estimate of drug-likeness (QED) is 0.743. The number of rotatable bonds is 4. The van der Waals surface area contributed by atoms with Crippen molar-refractivity contribution in [2.45, 2.75) is 33.2 Å². The van der Waals surface area contributed by atoms with Crippen molar-refractivity contribution in [3.05, 3.63) is 29.6 Å². The lowest BCUT2D eigenvalue weighted by molar-refractivity contribution is 0.660. The Morgan fingerprint density at radius 3 is 2.88 bits per heavy atom. The normalized spacial score (nSPS) is 11.2. The van der Waals surface area contributed by atoms with E-state index in [-0.39, 0.29) is 0 Å². The van der Waals surface area contributed by atoms with Gasteiger partial charge in [0.25, 0.3) is 0 Å². The molecule has 0 fully saturated rings. The molecule has 1 aromatic heterocycles. The second-order valence-corrected chi connectivity index (χ2v) is 4.44. The first kappa shape index (κ1) is 11.5. The van der Waals surface area contributed by atoms with E-state index in [4.69, 9.17) is 16.6 Å². The summed E-state index contributed by atoms with van der Waals surface area (Å²) in [6, 6.07) is 6.34. The molecule has 0 saturated heterocycles. The molecule has 0 aliphatic heterocycles. The second-order valence-electron chi connectivity index (χ2n) is 4.06. The van der Waals surface area contributed by atoms with Gasteiger partial charge in [0, 0.05) is 18.8 Å². The minimum atomic E-state index is 0.631. The minimum absolute atomic E-state index is 0.631. The summed E-state index contributed by atoms with van der Waals surface area (Å²) in [5.74, 6) is 1.74. The van der Waals surface area contributed by atoms with E-state index in [1.165, 1.54) is 11.1 Å². The van der Waals surface area contributed by atoms with Gasteiger partial charge in [0.1, 0.15) is 5.82 Å². The van der Waals surface area contributed by atoms with Crippen LogP contribution in [0.15, 0.2) is 18.2 Å². The highest BCUT2D eigenvalue weighted by Gasteiger charge is 2.10. The maximum Gasteiger partial charge on any atom is 0.111 e. The van der Waals surface area contributed by atoms with E-state index in [9.17, 15) is 0 Å². The van der Waals surface area contributed by atoms with Gasteiger partial charge in [0.2, 0.25) is 0 Å². The van der Waals surface area contributed by atoms with Crippen LogP contribution < -0.4 is 0 Å². The molecule has 86 valence electrons. The van der Waals surface area contributed by atoms with Crippen molar-refractivity contribution in [3.8, 4) is 0 Å². The Balaban J connectivity index is 2.60. The Bertz CT molecular complexity index is 488. The van der Waals surface area contributed by atoms with Crippen LogP contribution in [0.4, 0.5) is 0 Å². The molecule has 16 heavy (non-hydrogen) atoms. The van der Waals surface area contributed by atoms with E-state index in [0.717, 1.165) is 30.7 Å². The number of para-hydroxylation sites is 1. The van der Waals surface area contributed by atoms with Gasteiger partial charge in [-0.1, -0.05) is 19.1 Å². The molecular formula is C13H17ClN2. The van der Waals surface area contributed by atoms with Crippen LogP contribution in [0, 0.1) is 6.92 Å². The number of hydrogen-bond acceptors (Lipinski definition) is 1. The van der Waals surface area contributed by atoms with Gasteiger partial charge in [-0.15, -0.1) is 11.6 Å². The highest BCUT2D eigenvalue weighted by Crippen LogP contribution is 2.20. The number of alkyl halides is 1. The third-order valence-corrected chi connectivity index (χ3v) is 3.01. The first-order valence-corrected chi connectivity index (χ1v) is 6.32. The van der Waals surface area contributed by atoms with Crippen LogP contribution in [-0.4, -0.2) is 15.4 Å². The van der Waals surface area contributed by atoms with Crippen LogP contribution in [0.1, 0.15) is 24.7 Å². The minimum Gasteiger partial charge on any atom is -0.328 e. The summed E-state index contributed by atoms with van der Waals surface area (Å²) in [6.45, 7) is 5.31. The number of halogens is 1. The van der Waals surface area contributed by atoms with E-state index in [1.54, 1.807) is 0 Å². The molecule has 0 unspecified atom stereocenters. The van der Waals surface area contributed by atoms with Crippen molar-refractivity contribution >= 4 is 22.6 Å². The van der Waals surface area contributed by atoms with E-state index in [0.29, 0.717) is 5.88 Å². The number of benzene rings is 1. The summed E-state index contributed by atoms with van der Waals surface area (Å²) < 4.78 is 2.30. The molecular weight excluding hydrogens is 220 g/mol. The molecule has 0 aliphatic carbocycles. The molecule has 0 amide bonds. The summed E-state index contributed by atoms with van der Waals surface area (Å²) >= 11 is 5.82. The standard InChI is InChI=1S/C13H17ClN2/c1-3-9-16-11-6-4-5-10(2)13(11)15-12(16)7-8-14/h4-6H,3,7-9H2,1-2H3. The number of nitrogens with zero attached hydrogens (tertiary/aromatic N) is 2. The van der Waals surface area contributed by atoms with Gasteiger partial charge in [-0.05, 0) is 25.0 Å². The Morgan fingerprint density at radius 2 is 2.19 bits per heavy atom. The van der Waals surface area contributed by atoms with Crippen LogP contribution >= 0.6 is 11.6 Å². The highest BCUT2D eigenvalue weighted by molar-refractivity contribution is 6.17. The topological polar surface area (TPSA) is 17.8 Å². The maximum absolute atomic E-state index is 5.82. The maximum atomic E-state index is 5.82. The van der Waals surface area contributed by atoms with Crippen LogP contribution in [0.3, 0.4) is 0 Å². The first-order chi connectivity index (χ1) is 7.77. The summed E-state index contributed by atoms with van der Waals surface area (Å²) in [7, 11) is 0. The van der Waals surface area contributed by atoms with E-state index < -0.39 is 0 Å². The molecule has 2 rings (SSSR count). The largest absolute Gasteiger partial charge is 0.328 e. The summed E-state index contributed by atoms with van der Waals surface area (Å²) in [6.07, 6.45) is 1.96. The van der Waals surface area contributed by atoms with Crippen molar-refractivity contribution < 1.29 is 0 Å². The predicted molar refractivity (Wildman–Crippen MR) is 69.2 cm³/mol. The van der Waals surface area contributed by atoms with E-state index in [1.807, 2.05) is 0 Å². The molecule has 1 aromatic carbocycles. The van der Waals surface area contributed by atoms with Gasteiger partial charge in [0.05, 0.1) is 11.0 Å². The average molecular weight is 237 g/mol. The Hall–Kier alpha value is -1.02. The fraction of sp³-hybridized carbons (Fsp3) is 0.462. The van der Waals surface area contributed by atoms with Gasteiger partial charge < -0.3 is 4.57 Å². The van der Waals surface area contributed by atoms with Crippen LogP contribution in [0.25, 0.3) is 11.0 Å². The number of imidazole rings is 1. The monoisotopic (exact) mass is 236 g/mol. The van der Waals surface area contributed by atoms with Crippen molar-refractivity contribution in [1.29, 1.82) is 0 Å². The highest BCUT2D eigenvalue weighted by atomic mass is 35.5. The fourth-order valence-electron chi connectivity index (χ4n) is 2.08. The smallest absolute Gasteiger partial charge is 0.111 e.